The van der Waals surface area contributed by atoms with Gasteiger partial charge < -0.3 is 14.2 Å². The van der Waals surface area contributed by atoms with Crippen LogP contribution in [0.3, 0.4) is 0 Å². The lowest BCUT2D eigenvalue weighted by Gasteiger charge is -2.33. The highest BCUT2D eigenvalue weighted by atomic mass is 32.2. The second kappa shape index (κ2) is 7.91. The molecule has 1 aromatic heterocycles. The molecule has 0 spiro atoms. The van der Waals surface area contributed by atoms with Crippen LogP contribution in [0, 0.1) is 0 Å². The maximum atomic E-state index is 12.7. The Labute approximate surface area is 151 Å². The minimum Gasteiger partial charge on any atom is -0.464 e. The molecule has 1 atom stereocenters. The lowest BCUT2D eigenvalue weighted by molar-refractivity contribution is -0.155. The average molecular weight is 361 g/mol. The maximum absolute atomic E-state index is 12.7. The third-order valence-electron chi connectivity index (χ3n) is 4.45. The fourth-order valence-electron chi connectivity index (χ4n) is 3.18. The smallest absolute Gasteiger partial charge is 0.328 e. The fraction of sp³-hybridized carbons (Fsp3) is 0.500. The van der Waals surface area contributed by atoms with Gasteiger partial charge in [0.1, 0.15) is 6.04 Å². The molecular weight excluding hydrogens is 338 g/mol. The second-order valence-electron chi connectivity index (χ2n) is 6.08. The molecular formula is C18H23N3O3S. The number of esters is 1. The van der Waals surface area contributed by atoms with E-state index >= 15 is 0 Å². The Morgan fingerprint density at radius 3 is 2.88 bits per heavy atom. The Balaban J connectivity index is 1.68. The number of hydrogen-bond donors (Lipinski definition) is 0. The quantitative estimate of drug-likeness (QED) is 0.605. The molecule has 7 heteroatoms. The van der Waals surface area contributed by atoms with Crippen molar-refractivity contribution in [2.75, 3.05) is 18.9 Å². The lowest BCUT2D eigenvalue weighted by atomic mass is 10.0. The van der Waals surface area contributed by atoms with Gasteiger partial charge in [0.25, 0.3) is 0 Å². The van der Waals surface area contributed by atoms with Gasteiger partial charge in [-0.3, -0.25) is 4.79 Å². The molecule has 0 radical (unpaired) electrons. The molecule has 2 heterocycles. The number of aryl methyl sites for hydroxylation is 1. The summed E-state index contributed by atoms with van der Waals surface area (Å²) >= 11 is 1.41. The summed E-state index contributed by atoms with van der Waals surface area (Å²) in [5.74, 6) is -0.0503. The zero-order valence-electron chi connectivity index (χ0n) is 14.6. The van der Waals surface area contributed by atoms with E-state index in [0.717, 1.165) is 29.0 Å². The molecule has 0 bridgehead atoms. The van der Waals surface area contributed by atoms with E-state index in [9.17, 15) is 9.59 Å². The number of carbonyl (C=O) groups is 2. The van der Waals surface area contributed by atoms with Gasteiger partial charge in [-0.2, -0.15) is 0 Å². The highest BCUT2D eigenvalue weighted by molar-refractivity contribution is 7.99. The number of piperidine rings is 1. The van der Waals surface area contributed by atoms with Crippen molar-refractivity contribution in [1.82, 2.24) is 14.5 Å². The van der Waals surface area contributed by atoms with E-state index in [1.165, 1.54) is 11.8 Å². The Hall–Kier alpha value is -2.02. The first-order chi connectivity index (χ1) is 12.1. The number of likely N-dealkylation sites (tertiary alicyclic amines) is 1. The first-order valence-electron chi connectivity index (χ1n) is 8.62. The molecule has 0 saturated carbocycles. The largest absolute Gasteiger partial charge is 0.464 e. The number of carbonyl (C=O) groups excluding carboxylic acids is 2. The van der Waals surface area contributed by atoms with Crippen LogP contribution in [0.2, 0.25) is 0 Å². The minimum absolute atomic E-state index is 0.0326. The Morgan fingerprint density at radius 2 is 2.12 bits per heavy atom. The highest BCUT2D eigenvalue weighted by Gasteiger charge is 2.33. The predicted octanol–water partition coefficient (Wildman–Crippen LogP) is 2.61. The van der Waals surface area contributed by atoms with Crippen LogP contribution in [-0.4, -0.2) is 51.3 Å². The molecule has 1 saturated heterocycles. The number of fused-ring (bicyclic) bond motifs is 1. The van der Waals surface area contributed by atoms with Crippen LogP contribution in [0.15, 0.2) is 29.4 Å². The summed E-state index contributed by atoms with van der Waals surface area (Å²) in [4.78, 5) is 31.1. The molecule has 3 rings (SSSR count). The van der Waals surface area contributed by atoms with Crippen LogP contribution >= 0.6 is 11.8 Å². The third-order valence-corrected chi connectivity index (χ3v) is 5.47. The first kappa shape index (κ1) is 17.8. The third kappa shape index (κ3) is 3.81. The monoisotopic (exact) mass is 361 g/mol. The van der Waals surface area contributed by atoms with Crippen molar-refractivity contribution in [3.63, 3.8) is 0 Å². The Bertz CT molecular complexity index is 774. The number of thioether (sulfide) groups is 1. The number of aromatic nitrogens is 2. The topological polar surface area (TPSA) is 64.4 Å². The Kier molecular flexibility index (Phi) is 5.63. The van der Waals surface area contributed by atoms with E-state index in [0.29, 0.717) is 19.6 Å². The van der Waals surface area contributed by atoms with Gasteiger partial charge in [0.05, 0.1) is 23.4 Å². The zero-order chi connectivity index (χ0) is 17.8. The second-order valence-corrected chi connectivity index (χ2v) is 7.02. The van der Waals surface area contributed by atoms with Crippen molar-refractivity contribution in [1.29, 1.82) is 0 Å². The SMILES string of the molecule is CCOC(=O)[C@@H]1CCCCN1C(=O)CSc1nc2ccccc2n1C. The fourth-order valence-corrected chi connectivity index (χ4v) is 4.05. The molecule has 25 heavy (non-hydrogen) atoms. The molecule has 0 N–H and O–H groups in total. The average Bonchev–Trinajstić information content (AvgIpc) is 2.96. The highest BCUT2D eigenvalue weighted by Crippen LogP contribution is 2.25. The van der Waals surface area contributed by atoms with Gasteiger partial charge in [-0.15, -0.1) is 0 Å². The summed E-state index contributed by atoms with van der Waals surface area (Å²) < 4.78 is 7.12. The number of ether oxygens (including phenoxy) is 1. The summed E-state index contributed by atoms with van der Waals surface area (Å²) in [6, 6.07) is 7.45. The van der Waals surface area contributed by atoms with Crippen molar-refractivity contribution in [2.24, 2.45) is 7.05 Å². The van der Waals surface area contributed by atoms with E-state index in [-0.39, 0.29) is 17.6 Å². The summed E-state index contributed by atoms with van der Waals surface area (Å²) in [7, 11) is 1.95. The van der Waals surface area contributed by atoms with Crippen LogP contribution < -0.4 is 0 Å². The summed E-state index contributed by atoms with van der Waals surface area (Å²) in [5.41, 5.74) is 1.96. The number of para-hydroxylation sites is 2. The molecule has 2 aromatic rings. The number of amides is 1. The molecule has 1 fully saturated rings. The molecule has 134 valence electrons. The van der Waals surface area contributed by atoms with Crippen molar-refractivity contribution in [2.45, 2.75) is 37.4 Å². The number of nitrogens with zero attached hydrogens (tertiary/aromatic N) is 3. The van der Waals surface area contributed by atoms with Crippen LogP contribution in [0.4, 0.5) is 0 Å². The van der Waals surface area contributed by atoms with Gasteiger partial charge in [-0.05, 0) is 38.3 Å². The summed E-state index contributed by atoms with van der Waals surface area (Å²) in [5, 5.41) is 0.805. The van der Waals surface area contributed by atoms with E-state index in [4.69, 9.17) is 4.74 Å². The number of benzene rings is 1. The van der Waals surface area contributed by atoms with Crippen LogP contribution in [0.1, 0.15) is 26.2 Å². The van der Waals surface area contributed by atoms with Gasteiger partial charge in [0, 0.05) is 13.6 Å². The molecule has 1 aliphatic rings. The van der Waals surface area contributed by atoms with Crippen molar-refractivity contribution < 1.29 is 14.3 Å². The van der Waals surface area contributed by atoms with Crippen molar-refractivity contribution in [3.05, 3.63) is 24.3 Å². The molecule has 1 aromatic carbocycles. The van der Waals surface area contributed by atoms with E-state index in [1.54, 1.807) is 11.8 Å². The summed E-state index contributed by atoms with van der Waals surface area (Å²) in [6.45, 7) is 2.74. The van der Waals surface area contributed by atoms with Crippen LogP contribution in [-0.2, 0) is 21.4 Å². The van der Waals surface area contributed by atoms with E-state index in [1.807, 2.05) is 35.9 Å². The molecule has 6 nitrogen and oxygen atoms in total. The van der Waals surface area contributed by atoms with Crippen LogP contribution in [0.5, 0.6) is 0 Å². The first-order valence-corrected chi connectivity index (χ1v) is 9.60. The molecule has 0 unspecified atom stereocenters. The zero-order valence-corrected chi connectivity index (χ0v) is 15.4. The van der Waals surface area contributed by atoms with Crippen LogP contribution in [0.25, 0.3) is 11.0 Å². The van der Waals surface area contributed by atoms with Gasteiger partial charge in [0.15, 0.2) is 5.16 Å². The molecule has 1 amide bonds. The van der Waals surface area contributed by atoms with Gasteiger partial charge in [-0.1, -0.05) is 23.9 Å². The molecule has 0 aliphatic carbocycles. The maximum Gasteiger partial charge on any atom is 0.328 e. The van der Waals surface area contributed by atoms with E-state index in [2.05, 4.69) is 4.98 Å². The number of imidazole rings is 1. The Morgan fingerprint density at radius 1 is 1.32 bits per heavy atom. The van der Waals surface area contributed by atoms with Crippen molar-refractivity contribution >= 4 is 34.7 Å². The normalized spacial score (nSPS) is 17.7. The van der Waals surface area contributed by atoms with Gasteiger partial charge >= 0.3 is 5.97 Å². The number of rotatable bonds is 5. The van der Waals surface area contributed by atoms with Gasteiger partial charge in [-0.25, -0.2) is 9.78 Å². The lowest BCUT2D eigenvalue weighted by Crippen LogP contribution is -2.49. The standard InChI is InChI=1S/C18H23N3O3S/c1-3-24-17(23)15-10-6-7-11-21(15)16(22)12-25-18-19-13-8-4-5-9-14(13)20(18)2/h4-5,8-9,15H,3,6-7,10-12H2,1-2H3/t15-/m0/s1. The predicted molar refractivity (Wildman–Crippen MR) is 97.4 cm³/mol. The molecule has 1 aliphatic heterocycles. The van der Waals surface area contributed by atoms with E-state index < -0.39 is 6.04 Å². The minimum atomic E-state index is -0.442. The van der Waals surface area contributed by atoms with Crippen molar-refractivity contribution in [3.8, 4) is 0 Å². The van der Waals surface area contributed by atoms with Gasteiger partial charge in [0.2, 0.25) is 5.91 Å². The summed E-state index contributed by atoms with van der Waals surface area (Å²) in [6.07, 6.45) is 2.56. The number of hydrogen-bond acceptors (Lipinski definition) is 5.